The molecule has 7 nitrogen and oxygen atoms in total. The van der Waals surface area contributed by atoms with Crippen molar-refractivity contribution in [2.45, 2.75) is 44.3 Å². The van der Waals surface area contributed by atoms with Crippen LogP contribution in [0.5, 0.6) is 0 Å². The summed E-state index contributed by atoms with van der Waals surface area (Å²) in [4.78, 5) is 24.3. The van der Waals surface area contributed by atoms with E-state index < -0.39 is 5.97 Å². The van der Waals surface area contributed by atoms with Crippen molar-refractivity contribution in [3.8, 4) is 0 Å². The highest BCUT2D eigenvalue weighted by atomic mass is 16.5. The van der Waals surface area contributed by atoms with Crippen molar-refractivity contribution in [2.75, 3.05) is 25.2 Å². The maximum atomic E-state index is 12.4. The molecule has 0 amide bonds. The third kappa shape index (κ3) is 6.85. The number of carbonyl (C=O) groups is 2. The van der Waals surface area contributed by atoms with Gasteiger partial charge < -0.3 is 25.7 Å². The SMILES string of the molecule is COC1CCC(OC(=O)c2ccc(C=CC(=O)OCCc3ccc(N)cc3N)cc2)CC1. The van der Waals surface area contributed by atoms with Crippen molar-refractivity contribution < 1.29 is 23.8 Å². The third-order valence-electron chi connectivity index (χ3n) is 5.57. The van der Waals surface area contributed by atoms with E-state index >= 15 is 0 Å². The molecule has 0 aromatic heterocycles. The fraction of sp³-hybridized carbons (Fsp3) is 0.360. The number of esters is 2. The van der Waals surface area contributed by atoms with Crippen LogP contribution in [0.4, 0.5) is 11.4 Å². The zero-order valence-corrected chi connectivity index (χ0v) is 18.3. The normalized spacial score (nSPS) is 18.4. The predicted molar refractivity (Wildman–Crippen MR) is 124 cm³/mol. The summed E-state index contributed by atoms with van der Waals surface area (Å²) < 4.78 is 16.2. The molecule has 7 heteroatoms. The van der Waals surface area contributed by atoms with E-state index in [9.17, 15) is 9.59 Å². The van der Waals surface area contributed by atoms with Crippen LogP contribution in [0.2, 0.25) is 0 Å². The Morgan fingerprint density at radius 1 is 1.00 bits per heavy atom. The summed E-state index contributed by atoms with van der Waals surface area (Å²) in [6.45, 7) is 0.217. The molecule has 2 aromatic carbocycles. The average molecular weight is 439 g/mol. The number of nitrogen functional groups attached to an aromatic ring is 2. The zero-order valence-electron chi connectivity index (χ0n) is 18.3. The highest BCUT2D eigenvalue weighted by molar-refractivity contribution is 5.90. The van der Waals surface area contributed by atoms with Crippen LogP contribution in [0.1, 0.15) is 47.2 Å². The van der Waals surface area contributed by atoms with E-state index in [1.165, 1.54) is 6.08 Å². The van der Waals surface area contributed by atoms with E-state index in [4.69, 9.17) is 25.7 Å². The molecule has 1 saturated carbocycles. The number of hydrogen-bond acceptors (Lipinski definition) is 7. The minimum absolute atomic E-state index is 0.0631. The van der Waals surface area contributed by atoms with Crippen LogP contribution in [0.3, 0.4) is 0 Å². The molecule has 1 fully saturated rings. The van der Waals surface area contributed by atoms with Gasteiger partial charge in [0.05, 0.1) is 18.3 Å². The second-order valence-electron chi connectivity index (χ2n) is 7.87. The molecule has 0 saturated heterocycles. The smallest absolute Gasteiger partial charge is 0.338 e. The molecular weight excluding hydrogens is 408 g/mol. The molecule has 0 atom stereocenters. The summed E-state index contributed by atoms with van der Waals surface area (Å²) >= 11 is 0. The van der Waals surface area contributed by atoms with Crippen molar-refractivity contribution in [3.05, 3.63) is 65.2 Å². The van der Waals surface area contributed by atoms with Gasteiger partial charge in [-0.2, -0.15) is 0 Å². The van der Waals surface area contributed by atoms with Gasteiger partial charge in [0, 0.05) is 31.0 Å². The van der Waals surface area contributed by atoms with Crippen LogP contribution in [0.15, 0.2) is 48.5 Å². The van der Waals surface area contributed by atoms with E-state index in [0.717, 1.165) is 36.8 Å². The minimum Gasteiger partial charge on any atom is -0.462 e. The molecule has 3 rings (SSSR count). The number of nitrogens with two attached hydrogens (primary N) is 2. The fourth-order valence-corrected chi connectivity index (χ4v) is 3.65. The number of benzene rings is 2. The maximum absolute atomic E-state index is 12.4. The van der Waals surface area contributed by atoms with Gasteiger partial charge in [0.1, 0.15) is 6.10 Å². The van der Waals surface area contributed by atoms with Crippen molar-refractivity contribution in [2.24, 2.45) is 0 Å². The highest BCUT2D eigenvalue weighted by Crippen LogP contribution is 2.24. The lowest BCUT2D eigenvalue weighted by Gasteiger charge is -2.27. The number of ether oxygens (including phenoxy) is 3. The Hall–Kier alpha value is -3.32. The lowest BCUT2D eigenvalue weighted by Crippen LogP contribution is -2.27. The first-order valence-electron chi connectivity index (χ1n) is 10.8. The molecule has 0 bridgehead atoms. The minimum atomic E-state index is -0.450. The third-order valence-corrected chi connectivity index (χ3v) is 5.57. The first kappa shape index (κ1) is 23.3. The lowest BCUT2D eigenvalue weighted by molar-refractivity contribution is -0.137. The molecule has 2 aromatic rings. The molecule has 0 unspecified atom stereocenters. The predicted octanol–water partition coefficient (Wildman–Crippen LogP) is 3.76. The van der Waals surface area contributed by atoms with Crippen LogP contribution < -0.4 is 11.5 Å². The maximum Gasteiger partial charge on any atom is 0.338 e. The van der Waals surface area contributed by atoms with Crippen molar-refractivity contribution >= 4 is 29.4 Å². The Balaban J connectivity index is 1.43. The quantitative estimate of drug-likeness (QED) is 0.366. The number of carbonyl (C=O) groups excluding carboxylic acids is 2. The van der Waals surface area contributed by atoms with Gasteiger partial charge in [-0.1, -0.05) is 18.2 Å². The number of methoxy groups -OCH3 is 1. The van der Waals surface area contributed by atoms with Gasteiger partial charge in [-0.25, -0.2) is 9.59 Å². The summed E-state index contributed by atoms with van der Waals surface area (Å²) in [5.41, 5.74) is 14.9. The molecule has 32 heavy (non-hydrogen) atoms. The van der Waals surface area contributed by atoms with E-state index in [-0.39, 0.29) is 24.8 Å². The van der Waals surface area contributed by atoms with Gasteiger partial charge in [0.2, 0.25) is 0 Å². The Kier molecular flexibility index (Phi) is 8.27. The van der Waals surface area contributed by atoms with Gasteiger partial charge >= 0.3 is 11.9 Å². The topological polar surface area (TPSA) is 114 Å². The van der Waals surface area contributed by atoms with Gasteiger partial charge in [-0.3, -0.25) is 0 Å². The summed E-state index contributed by atoms with van der Waals surface area (Å²) in [6, 6.07) is 12.2. The first-order valence-corrected chi connectivity index (χ1v) is 10.8. The number of anilines is 2. The van der Waals surface area contributed by atoms with Crippen LogP contribution in [0.25, 0.3) is 6.08 Å². The molecule has 1 aliphatic carbocycles. The van der Waals surface area contributed by atoms with Crippen LogP contribution >= 0.6 is 0 Å². The van der Waals surface area contributed by atoms with Crippen molar-refractivity contribution in [1.82, 2.24) is 0 Å². The summed E-state index contributed by atoms with van der Waals surface area (Å²) in [6.07, 6.45) is 7.15. The Bertz CT molecular complexity index is 947. The van der Waals surface area contributed by atoms with E-state index in [0.29, 0.717) is 23.4 Å². The Labute approximate surface area is 188 Å². The van der Waals surface area contributed by atoms with E-state index in [2.05, 4.69) is 0 Å². The van der Waals surface area contributed by atoms with Gasteiger partial charge in [-0.15, -0.1) is 0 Å². The lowest BCUT2D eigenvalue weighted by atomic mass is 9.95. The average Bonchev–Trinajstić information content (AvgIpc) is 2.80. The molecule has 1 aliphatic rings. The van der Waals surface area contributed by atoms with Crippen LogP contribution in [0, 0.1) is 0 Å². The van der Waals surface area contributed by atoms with Crippen LogP contribution in [-0.2, 0) is 25.4 Å². The second kappa shape index (κ2) is 11.3. The fourth-order valence-electron chi connectivity index (χ4n) is 3.65. The Morgan fingerprint density at radius 3 is 2.34 bits per heavy atom. The van der Waals surface area contributed by atoms with Crippen molar-refractivity contribution in [3.63, 3.8) is 0 Å². The van der Waals surface area contributed by atoms with Gasteiger partial charge in [0.15, 0.2) is 0 Å². The zero-order chi connectivity index (χ0) is 22.9. The molecular formula is C25H30N2O5. The van der Waals surface area contributed by atoms with Crippen molar-refractivity contribution in [1.29, 1.82) is 0 Å². The summed E-state index contributed by atoms with van der Waals surface area (Å²) in [5, 5.41) is 0. The first-order chi connectivity index (χ1) is 15.4. The molecule has 0 aliphatic heterocycles. The monoisotopic (exact) mass is 438 g/mol. The van der Waals surface area contributed by atoms with E-state index in [1.54, 1.807) is 49.6 Å². The van der Waals surface area contributed by atoms with Crippen LogP contribution in [-0.4, -0.2) is 37.9 Å². The number of rotatable bonds is 8. The van der Waals surface area contributed by atoms with E-state index in [1.807, 2.05) is 6.07 Å². The number of hydrogen-bond donors (Lipinski definition) is 2. The molecule has 170 valence electrons. The molecule has 0 spiro atoms. The van der Waals surface area contributed by atoms with Gasteiger partial charge in [-0.05, 0) is 67.2 Å². The van der Waals surface area contributed by atoms with Gasteiger partial charge in [0.25, 0.3) is 0 Å². The Morgan fingerprint density at radius 2 is 1.69 bits per heavy atom. The molecule has 4 N–H and O–H groups in total. The summed E-state index contributed by atoms with van der Waals surface area (Å²) in [5.74, 6) is -0.781. The summed E-state index contributed by atoms with van der Waals surface area (Å²) in [7, 11) is 1.71. The second-order valence-corrected chi connectivity index (χ2v) is 7.87. The molecule has 0 heterocycles. The largest absolute Gasteiger partial charge is 0.462 e. The standard InChI is InChI=1S/C25H30N2O5/c1-30-21-9-11-22(12-10-21)32-25(29)19-5-2-17(3-6-19)4-13-24(28)31-15-14-18-7-8-20(26)16-23(18)27/h2-8,13,16,21-22H,9-12,14-15,26-27H2,1H3. The molecule has 0 radical (unpaired) electrons. The highest BCUT2D eigenvalue weighted by Gasteiger charge is 2.24.